The van der Waals surface area contributed by atoms with E-state index in [-0.39, 0.29) is 5.91 Å². The lowest BCUT2D eigenvalue weighted by atomic mass is 10.1. The molecule has 0 aliphatic heterocycles. The van der Waals surface area contributed by atoms with Gasteiger partial charge in [-0.2, -0.15) is 0 Å². The SMILES string of the molecule is C/C=C/CC(NC(=O)c1cc(CCC)c(C)s1)C(=O)O. The molecule has 0 bridgehead atoms. The molecule has 0 fully saturated rings. The quantitative estimate of drug-likeness (QED) is 0.759. The largest absolute Gasteiger partial charge is 0.480 e. The molecule has 1 heterocycles. The van der Waals surface area contributed by atoms with Gasteiger partial charge in [0.15, 0.2) is 0 Å². The van der Waals surface area contributed by atoms with Crippen molar-refractivity contribution in [2.45, 2.75) is 46.1 Å². The van der Waals surface area contributed by atoms with Crippen LogP contribution in [0.3, 0.4) is 0 Å². The first-order valence-electron chi connectivity index (χ1n) is 6.73. The lowest BCUT2D eigenvalue weighted by Gasteiger charge is -2.11. The van der Waals surface area contributed by atoms with Crippen LogP contribution in [-0.4, -0.2) is 23.0 Å². The number of rotatable bonds is 7. The molecule has 1 atom stereocenters. The molecule has 0 saturated heterocycles. The lowest BCUT2D eigenvalue weighted by Crippen LogP contribution is -2.40. The molecule has 110 valence electrons. The fraction of sp³-hybridized carbons (Fsp3) is 0.467. The number of hydrogen-bond donors (Lipinski definition) is 2. The Balaban J connectivity index is 2.78. The molecular weight excluding hydrogens is 274 g/mol. The van der Waals surface area contributed by atoms with Crippen molar-refractivity contribution < 1.29 is 14.7 Å². The fourth-order valence-electron chi connectivity index (χ4n) is 1.87. The molecule has 0 radical (unpaired) electrons. The van der Waals surface area contributed by atoms with Crippen LogP contribution in [0.4, 0.5) is 0 Å². The van der Waals surface area contributed by atoms with Crippen molar-refractivity contribution in [3.05, 3.63) is 33.5 Å². The second-order valence-electron chi connectivity index (χ2n) is 4.61. The number of nitrogens with one attached hydrogen (secondary N) is 1. The summed E-state index contributed by atoms with van der Waals surface area (Å²) >= 11 is 1.42. The summed E-state index contributed by atoms with van der Waals surface area (Å²) in [6, 6.07) is 0.990. The van der Waals surface area contributed by atoms with Crippen LogP contribution < -0.4 is 5.32 Å². The molecule has 0 spiro atoms. The van der Waals surface area contributed by atoms with Crippen LogP contribution >= 0.6 is 11.3 Å². The van der Waals surface area contributed by atoms with Crippen LogP contribution in [0.25, 0.3) is 0 Å². The maximum Gasteiger partial charge on any atom is 0.326 e. The summed E-state index contributed by atoms with van der Waals surface area (Å²) in [5.74, 6) is -1.32. The number of carbonyl (C=O) groups is 2. The second-order valence-corrected chi connectivity index (χ2v) is 5.87. The zero-order valence-corrected chi connectivity index (χ0v) is 12.9. The zero-order valence-electron chi connectivity index (χ0n) is 12.1. The van der Waals surface area contributed by atoms with E-state index in [4.69, 9.17) is 5.11 Å². The minimum atomic E-state index is -1.02. The maximum atomic E-state index is 12.1. The number of carboxylic acids is 1. The Labute approximate surface area is 123 Å². The van der Waals surface area contributed by atoms with Crippen LogP contribution in [0.15, 0.2) is 18.2 Å². The van der Waals surface area contributed by atoms with Gasteiger partial charge in [0.05, 0.1) is 4.88 Å². The molecule has 0 aromatic carbocycles. The first-order chi connectivity index (χ1) is 9.49. The molecule has 1 unspecified atom stereocenters. The predicted molar refractivity (Wildman–Crippen MR) is 81.4 cm³/mol. The zero-order chi connectivity index (χ0) is 15.1. The molecule has 1 aromatic heterocycles. The Morgan fingerprint density at radius 3 is 2.75 bits per heavy atom. The molecule has 4 nitrogen and oxygen atoms in total. The summed E-state index contributed by atoms with van der Waals surface area (Å²) < 4.78 is 0. The van der Waals surface area contributed by atoms with Gasteiger partial charge in [-0.05, 0) is 38.3 Å². The standard InChI is InChI=1S/C15H21NO3S/c1-4-6-8-12(15(18)19)16-14(17)13-9-11(7-5-2)10(3)20-13/h4,6,9,12H,5,7-8H2,1-3H3,(H,16,17)(H,18,19)/b6-4+. The molecule has 20 heavy (non-hydrogen) atoms. The Kier molecular flexibility index (Phi) is 6.45. The second kappa shape index (κ2) is 7.85. The number of allylic oxidation sites excluding steroid dienone is 1. The van der Waals surface area contributed by atoms with Crippen molar-refractivity contribution in [2.75, 3.05) is 0 Å². The molecule has 5 heteroatoms. The minimum Gasteiger partial charge on any atom is -0.480 e. The van der Waals surface area contributed by atoms with Crippen molar-refractivity contribution in [1.82, 2.24) is 5.32 Å². The van der Waals surface area contributed by atoms with Gasteiger partial charge < -0.3 is 10.4 Å². The summed E-state index contributed by atoms with van der Waals surface area (Å²) in [4.78, 5) is 24.9. The lowest BCUT2D eigenvalue weighted by molar-refractivity contribution is -0.139. The number of hydrogen-bond acceptors (Lipinski definition) is 3. The monoisotopic (exact) mass is 295 g/mol. The number of carboxylic acid groups (broad SMARTS) is 1. The van der Waals surface area contributed by atoms with Crippen LogP contribution in [-0.2, 0) is 11.2 Å². The molecular formula is C15H21NO3S. The van der Waals surface area contributed by atoms with Crippen molar-refractivity contribution in [2.24, 2.45) is 0 Å². The van der Waals surface area contributed by atoms with E-state index in [2.05, 4.69) is 12.2 Å². The van der Waals surface area contributed by atoms with E-state index >= 15 is 0 Å². The van der Waals surface area contributed by atoms with Gasteiger partial charge in [-0.1, -0.05) is 25.5 Å². The van der Waals surface area contributed by atoms with Crippen LogP contribution in [0.1, 0.15) is 46.8 Å². The predicted octanol–water partition coefficient (Wildman–Crippen LogP) is 3.16. The van der Waals surface area contributed by atoms with Gasteiger partial charge >= 0.3 is 5.97 Å². The summed E-state index contributed by atoms with van der Waals surface area (Å²) in [7, 11) is 0. The van der Waals surface area contributed by atoms with Crippen LogP contribution in [0.5, 0.6) is 0 Å². The Hall–Kier alpha value is -1.62. The van der Waals surface area contributed by atoms with Gasteiger partial charge in [0.25, 0.3) is 5.91 Å². The first-order valence-corrected chi connectivity index (χ1v) is 7.55. The third-order valence-corrected chi connectivity index (χ3v) is 4.07. The van der Waals surface area contributed by atoms with Crippen LogP contribution in [0.2, 0.25) is 0 Å². The summed E-state index contributed by atoms with van der Waals surface area (Å²) in [6.07, 6.45) is 5.77. The Morgan fingerprint density at radius 2 is 2.20 bits per heavy atom. The van der Waals surface area contributed by atoms with Crippen LogP contribution in [0, 0.1) is 6.92 Å². The van der Waals surface area contributed by atoms with Crippen molar-refractivity contribution >= 4 is 23.2 Å². The van der Waals surface area contributed by atoms with Crippen molar-refractivity contribution in [3.63, 3.8) is 0 Å². The number of aryl methyl sites for hydroxylation is 2. The van der Waals surface area contributed by atoms with Gasteiger partial charge in [0, 0.05) is 4.88 Å². The first kappa shape index (κ1) is 16.4. The molecule has 0 aliphatic rings. The topological polar surface area (TPSA) is 66.4 Å². The highest BCUT2D eigenvalue weighted by atomic mass is 32.1. The van der Waals surface area contributed by atoms with E-state index in [9.17, 15) is 9.59 Å². The van der Waals surface area contributed by atoms with E-state index in [1.54, 1.807) is 12.2 Å². The third-order valence-electron chi connectivity index (χ3n) is 2.97. The van der Waals surface area contributed by atoms with Crippen molar-refractivity contribution in [3.8, 4) is 0 Å². The highest BCUT2D eigenvalue weighted by Crippen LogP contribution is 2.23. The van der Waals surface area contributed by atoms with E-state index in [1.165, 1.54) is 16.9 Å². The molecule has 1 aromatic rings. The van der Waals surface area contributed by atoms with E-state index < -0.39 is 12.0 Å². The molecule has 0 saturated carbocycles. The van der Waals surface area contributed by atoms with E-state index in [1.807, 2.05) is 19.9 Å². The number of amides is 1. The average Bonchev–Trinajstić information content (AvgIpc) is 2.76. The van der Waals surface area contributed by atoms with Gasteiger partial charge in [-0.25, -0.2) is 4.79 Å². The average molecular weight is 295 g/mol. The maximum absolute atomic E-state index is 12.1. The Morgan fingerprint density at radius 1 is 1.50 bits per heavy atom. The summed E-state index contributed by atoms with van der Waals surface area (Å²) in [5.41, 5.74) is 1.17. The summed E-state index contributed by atoms with van der Waals surface area (Å²) in [6.45, 7) is 5.90. The molecule has 1 rings (SSSR count). The smallest absolute Gasteiger partial charge is 0.326 e. The third kappa shape index (κ3) is 4.49. The summed E-state index contributed by atoms with van der Waals surface area (Å²) in [5, 5.41) is 11.7. The van der Waals surface area contributed by atoms with Crippen molar-refractivity contribution in [1.29, 1.82) is 0 Å². The van der Waals surface area contributed by atoms with Gasteiger partial charge in [-0.15, -0.1) is 11.3 Å². The fourth-order valence-corrected chi connectivity index (χ4v) is 2.85. The number of aliphatic carboxylic acids is 1. The van der Waals surface area contributed by atoms with Gasteiger partial charge in [0.1, 0.15) is 6.04 Å². The normalized spacial score (nSPS) is 12.6. The number of thiophene rings is 1. The van der Waals surface area contributed by atoms with E-state index in [0.717, 1.165) is 17.7 Å². The molecule has 0 aliphatic carbocycles. The highest BCUT2D eigenvalue weighted by molar-refractivity contribution is 7.14. The van der Waals surface area contributed by atoms with E-state index in [0.29, 0.717) is 11.3 Å². The minimum absolute atomic E-state index is 0.295. The Bertz CT molecular complexity index is 505. The van der Waals surface area contributed by atoms with Gasteiger partial charge in [-0.3, -0.25) is 4.79 Å². The highest BCUT2D eigenvalue weighted by Gasteiger charge is 2.20. The van der Waals surface area contributed by atoms with Gasteiger partial charge in [0.2, 0.25) is 0 Å². The molecule has 1 amide bonds. The number of carbonyl (C=O) groups excluding carboxylic acids is 1. The molecule has 2 N–H and O–H groups in total.